The molecule has 1 atom stereocenters. The number of benzene rings is 1. The maximum atomic E-state index is 11.9. The fourth-order valence-electron chi connectivity index (χ4n) is 2.23. The van der Waals surface area contributed by atoms with Crippen LogP contribution in [0.15, 0.2) is 30.3 Å². The van der Waals surface area contributed by atoms with Gasteiger partial charge in [0, 0.05) is 43.6 Å². The lowest BCUT2D eigenvalue weighted by Gasteiger charge is -2.22. The zero-order chi connectivity index (χ0) is 16.5. The first-order chi connectivity index (χ1) is 11.1. The van der Waals surface area contributed by atoms with Crippen molar-refractivity contribution in [2.75, 3.05) is 30.3 Å². The minimum atomic E-state index is -3.39. The number of carbonyl (C=O) groups is 1. The lowest BCUT2D eigenvalue weighted by molar-refractivity contribution is -0.121. The summed E-state index contributed by atoms with van der Waals surface area (Å²) in [6, 6.07) is 9.51. The molecule has 6 nitrogen and oxygen atoms in total. The fourth-order valence-corrected chi connectivity index (χ4v) is 4.08. The molecule has 23 heavy (non-hydrogen) atoms. The van der Waals surface area contributed by atoms with Crippen molar-refractivity contribution in [3.05, 3.63) is 35.9 Å². The Bertz CT molecular complexity index is 587. The Morgan fingerprint density at radius 3 is 2.78 bits per heavy atom. The van der Waals surface area contributed by atoms with Crippen LogP contribution in [0.2, 0.25) is 0 Å². The van der Waals surface area contributed by atoms with E-state index in [4.69, 9.17) is 0 Å². The lowest BCUT2D eigenvalue weighted by Crippen LogP contribution is -2.42. The number of hydrogen-bond donors (Lipinski definition) is 3. The first kappa shape index (κ1) is 18.3. The topological polar surface area (TPSA) is 87.3 Å². The van der Waals surface area contributed by atoms with Crippen LogP contribution in [0.25, 0.3) is 0 Å². The van der Waals surface area contributed by atoms with Crippen LogP contribution in [0.4, 0.5) is 0 Å². The standard InChI is InChI=1S/C15H23N3O3S2/c19-15(10-14-12-22-8-6-16-14)17-7-9-23(20,21)18-11-13-4-2-1-3-5-13/h1-5,14,16,18H,6-12H2,(H,17,19). The molecule has 0 radical (unpaired) electrons. The Kier molecular flexibility index (Phi) is 7.35. The van der Waals surface area contributed by atoms with E-state index in [1.165, 1.54) is 0 Å². The van der Waals surface area contributed by atoms with E-state index in [1.54, 1.807) is 0 Å². The van der Waals surface area contributed by atoms with Crippen LogP contribution in [0.3, 0.4) is 0 Å². The maximum Gasteiger partial charge on any atom is 0.221 e. The molecule has 0 aliphatic carbocycles. The van der Waals surface area contributed by atoms with Crippen molar-refractivity contribution < 1.29 is 13.2 Å². The second-order valence-electron chi connectivity index (χ2n) is 5.41. The van der Waals surface area contributed by atoms with Gasteiger partial charge in [-0.1, -0.05) is 30.3 Å². The highest BCUT2D eigenvalue weighted by Gasteiger charge is 2.17. The number of amides is 1. The first-order valence-corrected chi connectivity index (χ1v) is 10.4. The summed E-state index contributed by atoms with van der Waals surface area (Å²) < 4.78 is 26.3. The van der Waals surface area contributed by atoms with Crippen LogP contribution in [0, 0.1) is 0 Å². The number of rotatable bonds is 8. The maximum absolute atomic E-state index is 11.9. The quantitative estimate of drug-likeness (QED) is 0.624. The molecule has 1 aromatic carbocycles. The molecule has 128 valence electrons. The van der Waals surface area contributed by atoms with Crippen molar-refractivity contribution in [2.24, 2.45) is 0 Å². The van der Waals surface area contributed by atoms with Gasteiger partial charge in [0.1, 0.15) is 0 Å². The molecular weight excluding hydrogens is 334 g/mol. The third kappa shape index (κ3) is 7.34. The molecular formula is C15H23N3O3S2. The molecule has 1 aromatic rings. The highest BCUT2D eigenvalue weighted by atomic mass is 32.2. The molecule has 1 heterocycles. The van der Waals surface area contributed by atoms with Crippen LogP contribution in [0.1, 0.15) is 12.0 Å². The number of nitrogens with one attached hydrogen (secondary N) is 3. The minimum absolute atomic E-state index is 0.108. The van der Waals surface area contributed by atoms with Crippen LogP contribution in [0.5, 0.6) is 0 Å². The van der Waals surface area contributed by atoms with Gasteiger partial charge in [-0.2, -0.15) is 11.8 Å². The van der Waals surface area contributed by atoms with Crippen molar-refractivity contribution in [2.45, 2.75) is 19.0 Å². The molecule has 1 unspecified atom stereocenters. The highest BCUT2D eigenvalue weighted by Crippen LogP contribution is 2.09. The van der Waals surface area contributed by atoms with Gasteiger partial charge in [-0.15, -0.1) is 0 Å². The average Bonchev–Trinajstić information content (AvgIpc) is 2.55. The largest absolute Gasteiger partial charge is 0.355 e. The van der Waals surface area contributed by atoms with Gasteiger partial charge in [0.2, 0.25) is 15.9 Å². The van der Waals surface area contributed by atoms with E-state index in [1.807, 2.05) is 42.1 Å². The molecule has 3 N–H and O–H groups in total. The second kappa shape index (κ2) is 9.27. The number of hydrogen-bond acceptors (Lipinski definition) is 5. The van der Waals surface area contributed by atoms with Crippen LogP contribution < -0.4 is 15.4 Å². The Balaban J connectivity index is 1.64. The van der Waals surface area contributed by atoms with Gasteiger partial charge in [0.25, 0.3) is 0 Å². The van der Waals surface area contributed by atoms with Gasteiger partial charge in [0.05, 0.1) is 5.75 Å². The van der Waals surface area contributed by atoms with Gasteiger partial charge in [-0.25, -0.2) is 13.1 Å². The third-order valence-electron chi connectivity index (χ3n) is 3.46. The Morgan fingerprint density at radius 2 is 2.09 bits per heavy atom. The minimum Gasteiger partial charge on any atom is -0.355 e. The normalized spacial score (nSPS) is 18.5. The first-order valence-electron chi connectivity index (χ1n) is 7.64. The van der Waals surface area contributed by atoms with Crippen LogP contribution >= 0.6 is 11.8 Å². The van der Waals surface area contributed by atoms with E-state index < -0.39 is 10.0 Å². The van der Waals surface area contributed by atoms with Gasteiger partial charge >= 0.3 is 0 Å². The van der Waals surface area contributed by atoms with Crippen molar-refractivity contribution in [1.29, 1.82) is 0 Å². The summed E-state index contributed by atoms with van der Waals surface area (Å²) in [6.07, 6.45) is 0.393. The summed E-state index contributed by atoms with van der Waals surface area (Å²) >= 11 is 1.83. The highest BCUT2D eigenvalue weighted by molar-refractivity contribution is 7.99. The molecule has 0 bridgehead atoms. The van der Waals surface area contributed by atoms with Crippen molar-refractivity contribution in [1.82, 2.24) is 15.4 Å². The summed E-state index contributed by atoms with van der Waals surface area (Å²) in [7, 11) is -3.39. The Morgan fingerprint density at radius 1 is 1.30 bits per heavy atom. The second-order valence-corrected chi connectivity index (χ2v) is 8.48. The zero-order valence-electron chi connectivity index (χ0n) is 13.0. The summed E-state index contributed by atoms with van der Waals surface area (Å²) in [5.74, 6) is 1.77. The molecule has 1 aliphatic heterocycles. The molecule has 0 aromatic heterocycles. The number of thioether (sulfide) groups is 1. The van der Waals surface area contributed by atoms with Gasteiger partial charge in [0.15, 0.2) is 0 Å². The van der Waals surface area contributed by atoms with Crippen molar-refractivity contribution in [3.63, 3.8) is 0 Å². The molecule has 1 fully saturated rings. The molecule has 0 saturated carbocycles. The zero-order valence-corrected chi connectivity index (χ0v) is 14.6. The van der Waals surface area contributed by atoms with E-state index in [9.17, 15) is 13.2 Å². The van der Waals surface area contributed by atoms with E-state index in [-0.39, 0.29) is 30.8 Å². The lowest BCUT2D eigenvalue weighted by atomic mass is 10.2. The van der Waals surface area contributed by atoms with Gasteiger partial charge in [-0.3, -0.25) is 4.79 Å². The van der Waals surface area contributed by atoms with Gasteiger partial charge in [-0.05, 0) is 5.56 Å². The van der Waals surface area contributed by atoms with Gasteiger partial charge < -0.3 is 10.6 Å². The molecule has 0 spiro atoms. The van der Waals surface area contributed by atoms with E-state index >= 15 is 0 Å². The summed E-state index contributed by atoms with van der Waals surface area (Å²) in [6.45, 7) is 1.31. The van der Waals surface area contributed by atoms with Crippen LogP contribution in [-0.2, 0) is 21.4 Å². The number of sulfonamides is 1. The summed E-state index contributed by atoms with van der Waals surface area (Å²) in [4.78, 5) is 11.8. The molecule has 1 amide bonds. The Hall–Kier alpha value is -1.09. The molecule has 8 heteroatoms. The fraction of sp³-hybridized carbons (Fsp3) is 0.533. The molecule has 1 aliphatic rings. The van der Waals surface area contributed by atoms with E-state index in [0.717, 1.165) is 23.6 Å². The number of carbonyl (C=O) groups excluding carboxylic acids is 1. The predicted octanol–water partition coefficient (Wildman–Crippen LogP) is 0.317. The SMILES string of the molecule is O=C(CC1CSCCN1)NCCS(=O)(=O)NCc1ccccc1. The molecule has 1 saturated heterocycles. The predicted molar refractivity (Wildman–Crippen MR) is 93.8 cm³/mol. The average molecular weight is 358 g/mol. The molecule has 2 rings (SSSR count). The summed E-state index contributed by atoms with van der Waals surface area (Å²) in [5, 5.41) is 5.96. The summed E-state index contributed by atoms with van der Waals surface area (Å²) in [5.41, 5.74) is 0.904. The van der Waals surface area contributed by atoms with Crippen molar-refractivity contribution in [3.8, 4) is 0 Å². The van der Waals surface area contributed by atoms with E-state index in [2.05, 4.69) is 15.4 Å². The van der Waals surface area contributed by atoms with E-state index in [0.29, 0.717) is 6.42 Å². The Labute approximate surface area is 141 Å². The smallest absolute Gasteiger partial charge is 0.221 e. The van der Waals surface area contributed by atoms with Crippen molar-refractivity contribution >= 4 is 27.7 Å². The monoisotopic (exact) mass is 357 g/mol. The van der Waals surface area contributed by atoms with Crippen LogP contribution in [-0.4, -0.2) is 50.7 Å². The third-order valence-corrected chi connectivity index (χ3v) is 5.92.